The van der Waals surface area contributed by atoms with Crippen molar-refractivity contribution >= 4 is 11.7 Å². The van der Waals surface area contributed by atoms with Crippen LogP contribution in [-0.4, -0.2) is 32.1 Å². The van der Waals surface area contributed by atoms with Crippen molar-refractivity contribution in [2.75, 3.05) is 14.2 Å². The number of hydrogen-bond donors (Lipinski definition) is 2. The van der Waals surface area contributed by atoms with Gasteiger partial charge in [-0.25, -0.2) is 0 Å². The van der Waals surface area contributed by atoms with Gasteiger partial charge in [-0.3, -0.25) is 9.59 Å². The Morgan fingerprint density at radius 3 is 2.42 bits per heavy atom. The van der Waals surface area contributed by atoms with Crippen molar-refractivity contribution in [3.63, 3.8) is 0 Å². The van der Waals surface area contributed by atoms with Crippen molar-refractivity contribution in [3.05, 3.63) is 47.7 Å². The second-order valence-corrected chi connectivity index (χ2v) is 3.93. The number of nitrogens with one attached hydrogen (secondary N) is 2. The quantitative estimate of drug-likeness (QED) is 0.457. The molecule has 1 amide bonds. The number of benzene rings is 1. The highest BCUT2D eigenvalue weighted by atomic mass is 16.5. The zero-order valence-corrected chi connectivity index (χ0v) is 11.3. The third-order valence-electron chi connectivity index (χ3n) is 2.48. The van der Waals surface area contributed by atoms with Crippen LogP contribution in [0.25, 0.3) is 0 Å². The Bertz CT molecular complexity index is 469. The highest BCUT2D eigenvalue weighted by Crippen LogP contribution is 2.03. The fourth-order valence-electron chi connectivity index (χ4n) is 1.49. The van der Waals surface area contributed by atoms with Gasteiger partial charge in [0.25, 0.3) is 5.91 Å². The molecule has 1 aromatic rings. The number of carbonyl (C=O) groups is 2. The van der Waals surface area contributed by atoms with Gasteiger partial charge in [-0.2, -0.15) is 0 Å². The van der Waals surface area contributed by atoms with Gasteiger partial charge in [0.05, 0.1) is 0 Å². The first-order chi connectivity index (χ1) is 9.08. The van der Waals surface area contributed by atoms with Crippen LogP contribution in [0.15, 0.2) is 42.1 Å². The van der Waals surface area contributed by atoms with E-state index in [1.54, 1.807) is 31.2 Å². The number of methoxy groups -OCH3 is 1. The SMILES string of the molecule is CNC(=O)C(N/C(C)=C/C(=O)c1ccccc1)OC. The predicted molar refractivity (Wildman–Crippen MR) is 72.5 cm³/mol. The molecule has 0 spiro atoms. The van der Waals surface area contributed by atoms with E-state index in [4.69, 9.17) is 4.74 Å². The van der Waals surface area contributed by atoms with Crippen molar-refractivity contribution in [3.8, 4) is 0 Å². The summed E-state index contributed by atoms with van der Waals surface area (Å²) in [5.74, 6) is -0.431. The van der Waals surface area contributed by atoms with E-state index < -0.39 is 6.23 Å². The summed E-state index contributed by atoms with van der Waals surface area (Å²) in [6, 6.07) is 8.91. The molecule has 102 valence electrons. The third-order valence-corrected chi connectivity index (χ3v) is 2.48. The summed E-state index contributed by atoms with van der Waals surface area (Å²) in [5, 5.41) is 5.29. The molecule has 19 heavy (non-hydrogen) atoms. The van der Waals surface area contributed by atoms with Crippen LogP contribution in [-0.2, 0) is 9.53 Å². The number of hydrogen-bond acceptors (Lipinski definition) is 4. The zero-order chi connectivity index (χ0) is 14.3. The Morgan fingerprint density at radius 2 is 1.89 bits per heavy atom. The number of amides is 1. The van der Waals surface area contributed by atoms with Gasteiger partial charge in [-0.1, -0.05) is 30.3 Å². The Morgan fingerprint density at radius 1 is 1.26 bits per heavy atom. The Labute approximate surface area is 112 Å². The first-order valence-electron chi connectivity index (χ1n) is 5.87. The maximum atomic E-state index is 11.9. The van der Waals surface area contributed by atoms with Crippen LogP contribution >= 0.6 is 0 Å². The molecule has 0 radical (unpaired) electrons. The van der Waals surface area contributed by atoms with Gasteiger partial charge in [0.15, 0.2) is 5.78 Å². The maximum absolute atomic E-state index is 11.9. The van der Waals surface area contributed by atoms with Crippen LogP contribution in [0.5, 0.6) is 0 Å². The molecule has 0 saturated carbocycles. The molecule has 0 aliphatic heterocycles. The lowest BCUT2D eigenvalue weighted by molar-refractivity contribution is -0.131. The molecule has 2 N–H and O–H groups in total. The lowest BCUT2D eigenvalue weighted by Gasteiger charge is -2.16. The van der Waals surface area contributed by atoms with E-state index in [0.717, 1.165) is 0 Å². The zero-order valence-electron chi connectivity index (χ0n) is 11.3. The van der Waals surface area contributed by atoms with Crippen molar-refractivity contribution in [2.45, 2.75) is 13.2 Å². The molecule has 5 nitrogen and oxygen atoms in total. The van der Waals surface area contributed by atoms with Gasteiger partial charge in [-0.15, -0.1) is 0 Å². The molecule has 0 fully saturated rings. The summed E-state index contributed by atoms with van der Waals surface area (Å²) in [6.45, 7) is 1.70. The monoisotopic (exact) mass is 262 g/mol. The summed E-state index contributed by atoms with van der Waals surface area (Å²) in [5.41, 5.74) is 1.15. The molecule has 1 atom stereocenters. The molecular weight excluding hydrogens is 244 g/mol. The average molecular weight is 262 g/mol. The number of rotatable bonds is 6. The van der Waals surface area contributed by atoms with E-state index in [2.05, 4.69) is 10.6 Å². The van der Waals surface area contributed by atoms with Crippen molar-refractivity contribution in [2.24, 2.45) is 0 Å². The summed E-state index contributed by atoms with van der Waals surface area (Å²) in [4.78, 5) is 23.3. The van der Waals surface area contributed by atoms with Gasteiger partial charge in [0.2, 0.25) is 6.23 Å². The lowest BCUT2D eigenvalue weighted by atomic mass is 10.1. The van der Waals surface area contributed by atoms with Crippen molar-refractivity contribution in [1.29, 1.82) is 0 Å². The van der Waals surface area contributed by atoms with E-state index in [-0.39, 0.29) is 11.7 Å². The average Bonchev–Trinajstić information content (AvgIpc) is 2.44. The Kier molecular flexibility index (Phi) is 5.75. The summed E-state index contributed by atoms with van der Waals surface area (Å²) < 4.78 is 4.99. The fraction of sp³-hybridized carbons (Fsp3) is 0.286. The van der Waals surface area contributed by atoms with Crippen LogP contribution in [0, 0.1) is 0 Å². The standard InChI is InChI=1S/C14H18N2O3/c1-10(16-14(19-3)13(18)15-2)9-12(17)11-7-5-4-6-8-11/h4-9,14,16H,1-3H3,(H,15,18)/b10-9+. The molecule has 1 rings (SSSR count). The summed E-state index contributed by atoms with van der Waals surface area (Å²) in [7, 11) is 2.93. The van der Waals surface area contributed by atoms with Crippen LogP contribution < -0.4 is 10.6 Å². The second kappa shape index (κ2) is 7.33. The molecule has 0 aliphatic rings. The van der Waals surface area contributed by atoms with Gasteiger partial charge in [0.1, 0.15) is 0 Å². The Hall–Kier alpha value is -2.14. The van der Waals surface area contributed by atoms with Crippen LogP contribution in [0.3, 0.4) is 0 Å². The molecule has 0 bridgehead atoms. The molecule has 0 aliphatic carbocycles. The van der Waals surface area contributed by atoms with E-state index >= 15 is 0 Å². The lowest BCUT2D eigenvalue weighted by Crippen LogP contribution is -2.43. The van der Waals surface area contributed by atoms with Crippen LogP contribution in [0.1, 0.15) is 17.3 Å². The first-order valence-corrected chi connectivity index (χ1v) is 5.87. The third kappa shape index (κ3) is 4.56. The van der Waals surface area contributed by atoms with E-state index in [1.165, 1.54) is 20.2 Å². The minimum Gasteiger partial charge on any atom is -0.356 e. The van der Waals surface area contributed by atoms with E-state index in [1.807, 2.05) is 6.07 Å². The largest absolute Gasteiger partial charge is 0.356 e. The highest BCUT2D eigenvalue weighted by Gasteiger charge is 2.15. The molecule has 0 heterocycles. The molecule has 1 aromatic carbocycles. The summed E-state index contributed by atoms with van der Waals surface area (Å²) >= 11 is 0. The second-order valence-electron chi connectivity index (χ2n) is 3.93. The first kappa shape index (κ1) is 14.9. The van der Waals surface area contributed by atoms with Gasteiger partial charge in [0, 0.05) is 31.5 Å². The van der Waals surface area contributed by atoms with Gasteiger partial charge < -0.3 is 15.4 Å². The van der Waals surface area contributed by atoms with Crippen LogP contribution in [0.4, 0.5) is 0 Å². The van der Waals surface area contributed by atoms with Gasteiger partial charge >= 0.3 is 0 Å². The van der Waals surface area contributed by atoms with Crippen molar-refractivity contribution < 1.29 is 14.3 Å². The number of likely N-dealkylation sites (N-methyl/N-ethyl adjacent to an activating group) is 1. The molecule has 5 heteroatoms. The van der Waals surface area contributed by atoms with E-state index in [9.17, 15) is 9.59 Å². The molecule has 1 unspecified atom stereocenters. The smallest absolute Gasteiger partial charge is 0.269 e. The predicted octanol–water partition coefficient (Wildman–Crippen LogP) is 1.08. The molecule has 0 aromatic heterocycles. The fourth-order valence-corrected chi connectivity index (χ4v) is 1.49. The Balaban J connectivity index is 2.71. The highest BCUT2D eigenvalue weighted by molar-refractivity contribution is 6.04. The van der Waals surface area contributed by atoms with Gasteiger partial charge in [-0.05, 0) is 6.92 Å². The normalized spacial score (nSPS) is 12.7. The summed E-state index contributed by atoms with van der Waals surface area (Å²) in [6.07, 6.45) is 0.620. The molecule has 0 saturated heterocycles. The number of ether oxygens (including phenoxy) is 1. The minimum atomic E-state index is -0.815. The number of ketones is 1. The topological polar surface area (TPSA) is 67.4 Å². The number of carbonyl (C=O) groups excluding carboxylic acids is 2. The molecular formula is C14H18N2O3. The minimum absolute atomic E-state index is 0.127. The number of allylic oxidation sites excluding steroid dienone is 2. The maximum Gasteiger partial charge on any atom is 0.269 e. The van der Waals surface area contributed by atoms with E-state index in [0.29, 0.717) is 11.3 Å². The van der Waals surface area contributed by atoms with Crippen molar-refractivity contribution in [1.82, 2.24) is 10.6 Å². The van der Waals surface area contributed by atoms with Crippen LogP contribution in [0.2, 0.25) is 0 Å².